The van der Waals surface area contributed by atoms with E-state index < -0.39 is 5.97 Å². The monoisotopic (exact) mass is 365 g/mol. The van der Waals surface area contributed by atoms with Gasteiger partial charge in [-0.25, -0.2) is 4.79 Å². The maximum absolute atomic E-state index is 11.5. The molecule has 4 heteroatoms. The summed E-state index contributed by atoms with van der Waals surface area (Å²) >= 11 is 0. The predicted molar refractivity (Wildman–Crippen MR) is 106 cm³/mol. The van der Waals surface area contributed by atoms with Crippen molar-refractivity contribution in [1.29, 1.82) is 0 Å². The summed E-state index contributed by atoms with van der Waals surface area (Å²) in [5.74, 6) is 0.475. The van der Waals surface area contributed by atoms with E-state index in [2.05, 4.69) is 23.5 Å². The zero-order valence-electron chi connectivity index (χ0n) is 17.0. The Hall–Kier alpha value is -1.32. The molecule has 0 aliphatic heterocycles. The molecule has 0 aromatic carbocycles. The number of carbonyl (C=O) groups is 1. The summed E-state index contributed by atoms with van der Waals surface area (Å²) in [5.41, 5.74) is 0.251. The van der Waals surface area contributed by atoms with Gasteiger partial charge in [-0.2, -0.15) is 0 Å². The Morgan fingerprint density at radius 1 is 0.885 bits per heavy atom. The van der Waals surface area contributed by atoms with Crippen LogP contribution in [0.5, 0.6) is 0 Å². The van der Waals surface area contributed by atoms with E-state index >= 15 is 0 Å². The summed E-state index contributed by atoms with van der Waals surface area (Å²) < 4.78 is 9.76. The van der Waals surface area contributed by atoms with E-state index in [0.717, 1.165) is 18.8 Å². The molecule has 0 N–H and O–H groups in total. The van der Waals surface area contributed by atoms with Crippen LogP contribution < -0.4 is 0 Å². The largest absolute Gasteiger partial charge is 0.461 e. The molecule has 1 aromatic rings. The SMILES string of the molecule is CC(C)CCCCCCCCCCCCCCCOC(=O)c1ccon1. The molecule has 1 heterocycles. The number of rotatable bonds is 17. The first-order valence-corrected chi connectivity index (χ1v) is 10.8. The molecule has 0 fully saturated rings. The van der Waals surface area contributed by atoms with Gasteiger partial charge in [-0.15, -0.1) is 0 Å². The van der Waals surface area contributed by atoms with Gasteiger partial charge in [0.15, 0.2) is 5.69 Å². The number of hydrogen-bond acceptors (Lipinski definition) is 4. The molecule has 0 aliphatic carbocycles. The topological polar surface area (TPSA) is 52.3 Å². The second kappa shape index (κ2) is 15.9. The van der Waals surface area contributed by atoms with Gasteiger partial charge in [-0.3, -0.25) is 0 Å². The van der Waals surface area contributed by atoms with Crippen LogP contribution in [0.1, 0.15) is 114 Å². The van der Waals surface area contributed by atoms with Gasteiger partial charge in [0, 0.05) is 6.07 Å². The van der Waals surface area contributed by atoms with Crippen LogP contribution in [0.4, 0.5) is 0 Å². The molecule has 1 rings (SSSR count). The van der Waals surface area contributed by atoms with Crippen molar-refractivity contribution in [2.75, 3.05) is 6.61 Å². The number of carbonyl (C=O) groups excluding carboxylic acids is 1. The minimum atomic E-state index is -0.390. The van der Waals surface area contributed by atoms with Crippen LogP contribution in [0.2, 0.25) is 0 Å². The van der Waals surface area contributed by atoms with Crippen molar-refractivity contribution < 1.29 is 14.1 Å². The molecule has 0 atom stereocenters. The van der Waals surface area contributed by atoms with Crippen molar-refractivity contribution in [2.24, 2.45) is 5.92 Å². The third-order valence-electron chi connectivity index (χ3n) is 4.81. The van der Waals surface area contributed by atoms with Gasteiger partial charge in [-0.05, 0) is 12.3 Å². The van der Waals surface area contributed by atoms with Gasteiger partial charge >= 0.3 is 5.97 Å². The van der Waals surface area contributed by atoms with Crippen molar-refractivity contribution in [2.45, 2.75) is 104 Å². The van der Waals surface area contributed by atoms with Gasteiger partial charge in [0.05, 0.1) is 6.61 Å². The third kappa shape index (κ3) is 13.0. The molecule has 0 saturated heterocycles. The Morgan fingerprint density at radius 3 is 1.85 bits per heavy atom. The predicted octanol–water partition coefficient (Wildman–Crippen LogP) is 6.95. The van der Waals surface area contributed by atoms with Gasteiger partial charge in [-0.1, -0.05) is 102 Å². The lowest BCUT2D eigenvalue weighted by Gasteiger charge is -2.05. The quantitative estimate of drug-likeness (QED) is 0.221. The fourth-order valence-corrected chi connectivity index (χ4v) is 3.16. The maximum atomic E-state index is 11.5. The Bertz CT molecular complexity index is 429. The zero-order chi connectivity index (χ0) is 18.9. The number of unbranched alkanes of at least 4 members (excludes halogenated alkanes) is 12. The van der Waals surface area contributed by atoms with Crippen molar-refractivity contribution in [3.63, 3.8) is 0 Å². The van der Waals surface area contributed by atoms with Crippen LogP contribution in [-0.2, 0) is 4.74 Å². The molecular weight excluding hydrogens is 326 g/mol. The molecule has 0 radical (unpaired) electrons. The highest BCUT2D eigenvalue weighted by Crippen LogP contribution is 2.14. The van der Waals surface area contributed by atoms with Crippen molar-refractivity contribution in [3.8, 4) is 0 Å². The molecule has 0 aliphatic rings. The van der Waals surface area contributed by atoms with E-state index in [-0.39, 0.29) is 5.69 Å². The highest BCUT2D eigenvalue weighted by atomic mass is 16.5. The first-order valence-electron chi connectivity index (χ1n) is 10.8. The van der Waals surface area contributed by atoms with Crippen LogP contribution in [0.3, 0.4) is 0 Å². The molecule has 1 aromatic heterocycles. The van der Waals surface area contributed by atoms with E-state index in [4.69, 9.17) is 4.74 Å². The van der Waals surface area contributed by atoms with E-state index in [1.54, 1.807) is 0 Å². The number of hydrogen-bond donors (Lipinski definition) is 0. The fourth-order valence-electron chi connectivity index (χ4n) is 3.16. The summed E-state index contributed by atoms with van der Waals surface area (Å²) in [6.07, 6.45) is 20.0. The summed E-state index contributed by atoms with van der Waals surface area (Å²) in [5, 5.41) is 3.56. The minimum Gasteiger partial charge on any atom is -0.461 e. The number of nitrogens with zero attached hydrogens (tertiary/aromatic N) is 1. The highest BCUT2D eigenvalue weighted by molar-refractivity contribution is 5.86. The second-order valence-corrected chi connectivity index (χ2v) is 7.80. The fraction of sp³-hybridized carbons (Fsp3) is 0.818. The summed E-state index contributed by atoms with van der Waals surface area (Å²) in [6.45, 7) is 5.10. The third-order valence-corrected chi connectivity index (χ3v) is 4.81. The Morgan fingerprint density at radius 2 is 1.38 bits per heavy atom. The molecule has 0 amide bonds. The Balaban J connectivity index is 1.73. The van der Waals surface area contributed by atoms with Crippen molar-refractivity contribution >= 4 is 5.97 Å². The molecule has 150 valence electrons. The molecular formula is C22H39NO3. The number of esters is 1. The van der Waals surface area contributed by atoms with E-state index in [9.17, 15) is 4.79 Å². The first kappa shape index (κ1) is 22.7. The maximum Gasteiger partial charge on any atom is 0.360 e. The molecule has 26 heavy (non-hydrogen) atoms. The summed E-state index contributed by atoms with van der Waals surface area (Å²) in [6, 6.07) is 1.52. The van der Waals surface area contributed by atoms with Crippen molar-refractivity contribution in [1.82, 2.24) is 5.16 Å². The second-order valence-electron chi connectivity index (χ2n) is 7.80. The first-order chi connectivity index (χ1) is 12.7. The number of ether oxygens (including phenoxy) is 1. The number of aromatic nitrogens is 1. The molecule has 0 saturated carbocycles. The van der Waals surface area contributed by atoms with E-state index in [1.807, 2.05) is 0 Å². The summed E-state index contributed by atoms with van der Waals surface area (Å²) in [4.78, 5) is 11.5. The smallest absolute Gasteiger partial charge is 0.360 e. The van der Waals surface area contributed by atoms with Crippen molar-refractivity contribution in [3.05, 3.63) is 18.0 Å². The van der Waals surface area contributed by atoms with Gasteiger partial charge < -0.3 is 9.26 Å². The lowest BCUT2D eigenvalue weighted by molar-refractivity contribution is 0.0486. The molecule has 4 nitrogen and oxygen atoms in total. The van der Waals surface area contributed by atoms with Crippen LogP contribution >= 0.6 is 0 Å². The average Bonchev–Trinajstić information content (AvgIpc) is 3.15. The molecule has 0 unspecified atom stereocenters. The van der Waals surface area contributed by atoms with Gasteiger partial charge in [0.1, 0.15) is 6.26 Å². The Kier molecular flexibility index (Phi) is 13.9. The van der Waals surface area contributed by atoms with E-state index in [1.165, 1.54) is 89.4 Å². The molecule has 0 bridgehead atoms. The lowest BCUT2D eigenvalue weighted by atomic mass is 10.0. The van der Waals surface area contributed by atoms with Crippen LogP contribution in [0.15, 0.2) is 16.9 Å². The van der Waals surface area contributed by atoms with E-state index in [0.29, 0.717) is 6.61 Å². The Labute approximate surface area is 160 Å². The highest BCUT2D eigenvalue weighted by Gasteiger charge is 2.09. The standard InChI is InChI=1S/C22H39NO3/c1-20(2)16-14-12-10-8-6-4-3-5-7-9-11-13-15-18-25-22(24)21-17-19-26-23-21/h17,19-20H,3-16,18H2,1-2H3. The van der Waals surface area contributed by atoms with Crippen LogP contribution in [-0.4, -0.2) is 17.7 Å². The summed E-state index contributed by atoms with van der Waals surface area (Å²) in [7, 11) is 0. The van der Waals surface area contributed by atoms with Gasteiger partial charge in [0.2, 0.25) is 0 Å². The molecule has 0 spiro atoms. The lowest BCUT2D eigenvalue weighted by Crippen LogP contribution is -2.06. The van der Waals surface area contributed by atoms with Gasteiger partial charge in [0.25, 0.3) is 0 Å². The van der Waals surface area contributed by atoms with Crippen LogP contribution in [0.25, 0.3) is 0 Å². The minimum absolute atomic E-state index is 0.251. The average molecular weight is 366 g/mol. The normalized spacial score (nSPS) is 11.2. The van der Waals surface area contributed by atoms with Crippen LogP contribution in [0, 0.1) is 5.92 Å². The zero-order valence-corrected chi connectivity index (χ0v) is 17.0.